The van der Waals surface area contributed by atoms with Crippen LogP contribution in [0.5, 0.6) is 0 Å². The quantitative estimate of drug-likeness (QED) is 0.701. The van der Waals surface area contributed by atoms with E-state index in [2.05, 4.69) is 26.1 Å². The van der Waals surface area contributed by atoms with Crippen LogP contribution in [-0.4, -0.2) is 24.8 Å². The summed E-state index contributed by atoms with van der Waals surface area (Å²) in [7, 11) is 0. The molecule has 0 amide bonds. The molecule has 0 spiro atoms. The van der Waals surface area contributed by atoms with Gasteiger partial charge >= 0.3 is 0 Å². The van der Waals surface area contributed by atoms with Gasteiger partial charge in [-0.1, -0.05) is 26.7 Å². The van der Waals surface area contributed by atoms with E-state index in [0.29, 0.717) is 6.04 Å². The number of hydrogen-bond donors (Lipinski definition) is 1. The number of ether oxygens (including phenoxy) is 1. The first kappa shape index (κ1) is 13.0. The summed E-state index contributed by atoms with van der Waals surface area (Å²) in [5.74, 6) is 0. The minimum absolute atomic E-state index is 0.111. The van der Waals surface area contributed by atoms with Crippen molar-refractivity contribution >= 4 is 0 Å². The first-order chi connectivity index (χ1) is 7.20. The van der Waals surface area contributed by atoms with Gasteiger partial charge in [0.05, 0.1) is 5.60 Å². The topological polar surface area (TPSA) is 21.3 Å². The van der Waals surface area contributed by atoms with E-state index < -0.39 is 0 Å². The minimum Gasteiger partial charge on any atom is -0.374 e. The van der Waals surface area contributed by atoms with E-state index in [0.717, 1.165) is 13.2 Å². The number of hydrogen-bond acceptors (Lipinski definition) is 2. The van der Waals surface area contributed by atoms with Crippen molar-refractivity contribution in [2.45, 2.75) is 70.9 Å². The first-order valence-electron chi connectivity index (χ1n) is 6.57. The highest BCUT2D eigenvalue weighted by molar-refractivity contribution is 4.83. The Morgan fingerprint density at radius 2 is 2.20 bits per heavy atom. The highest BCUT2D eigenvalue weighted by atomic mass is 16.5. The van der Waals surface area contributed by atoms with Crippen molar-refractivity contribution in [3.05, 3.63) is 0 Å². The SMILES string of the molecule is CCCCC(CC)NCC1(C)CCCO1. The molecule has 0 aromatic rings. The normalized spacial score (nSPS) is 28.2. The first-order valence-corrected chi connectivity index (χ1v) is 6.57. The molecule has 0 bridgehead atoms. The summed E-state index contributed by atoms with van der Waals surface area (Å²) in [6, 6.07) is 0.686. The third-order valence-corrected chi connectivity index (χ3v) is 3.46. The summed E-state index contributed by atoms with van der Waals surface area (Å²) in [6.45, 7) is 8.73. The van der Waals surface area contributed by atoms with Gasteiger partial charge in [0.15, 0.2) is 0 Å². The van der Waals surface area contributed by atoms with E-state index in [9.17, 15) is 0 Å². The van der Waals surface area contributed by atoms with Crippen LogP contribution < -0.4 is 5.32 Å². The van der Waals surface area contributed by atoms with Gasteiger partial charge in [-0.25, -0.2) is 0 Å². The van der Waals surface area contributed by atoms with Gasteiger partial charge in [-0.2, -0.15) is 0 Å². The van der Waals surface area contributed by atoms with Gasteiger partial charge in [0.2, 0.25) is 0 Å². The van der Waals surface area contributed by atoms with Crippen LogP contribution in [0, 0.1) is 0 Å². The lowest BCUT2D eigenvalue weighted by atomic mass is 10.0. The second-order valence-corrected chi connectivity index (χ2v) is 5.03. The van der Waals surface area contributed by atoms with Crippen LogP contribution in [0.15, 0.2) is 0 Å². The molecule has 1 fully saturated rings. The van der Waals surface area contributed by atoms with Crippen LogP contribution in [-0.2, 0) is 4.74 Å². The smallest absolute Gasteiger partial charge is 0.0779 e. The van der Waals surface area contributed by atoms with E-state index in [1.54, 1.807) is 0 Å². The van der Waals surface area contributed by atoms with Crippen molar-refractivity contribution in [1.29, 1.82) is 0 Å². The average Bonchev–Trinajstić information content (AvgIpc) is 2.66. The Morgan fingerprint density at radius 3 is 2.73 bits per heavy atom. The van der Waals surface area contributed by atoms with Gasteiger partial charge in [0, 0.05) is 19.2 Å². The molecule has 1 heterocycles. The van der Waals surface area contributed by atoms with E-state index in [-0.39, 0.29) is 5.60 Å². The monoisotopic (exact) mass is 213 g/mol. The van der Waals surface area contributed by atoms with Crippen molar-refractivity contribution in [1.82, 2.24) is 5.32 Å². The predicted octanol–water partition coefficient (Wildman–Crippen LogP) is 3.11. The standard InChI is InChI=1S/C13H27NO/c1-4-6-8-12(5-2)14-11-13(3)9-7-10-15-13/h12,14H,4-11H2,1-3H3. The summed E-state index contributed by atoms with van der Waals surface area (Å²) in [5.41, 5.74) is 0.111. The van der Waals surface area contributed by atoms with Gasteiger partial charge in [0.1, 0.15) is 0 Å². The Morgan fingerprint density at radius 1 is 1.40 bits per heavy atom. The summed E-state index contributed by atoms with van der Waals surface area (Å²) in [6.07, 6.45) is 7.61. The van der Waals surface area contributed by atoms with Crippen LogP contribution >= 0.6 is 0 Å². The Bertz CT molecular complexity index is 164. The third-order valence-electron chi connectivity index (χ3n) is 3.46. The van der Waals surface area contributed by atoms with Gasteiger partial charge in [-0.15, -0.1) is 0 Å². The molecule has 1 aliphatic heterocycles. The Kier molecular flexibility index (Phi) is 5.62. The van der Waals surface area contributed by atoms with Gasteiger partial charge in [-0.3, -0.25) is 0 Å². The van der Waals surface area contributed by atoms with Crippen LogP contribution in [0.3, 0.4) is 0 Å². The summed E-state index contributed by atoms with van der Waals surface area (Å²) >= 11 is 0. The number of nitrogens with one attached hydrogen (secondary N) is 1. The van der Waals surface area contributed by atoms with Crippen molar-refractivity contribution < 1.29 is 4.74 Å². The molecule has 0 radical (unpaired) electrons. The maximum Gasteiger partial charge on any atom is 0.0779 e. The van der Waals surface area contributed by atoms with Crippen LogP contribution in [0.1, 0.15) is 59.3 Å². The van der Waals surface area contributed by atoms with Crippen molar-refractivity contribution in [3.8, 4) is 0 Å². The molecule has 0 saturated carbocycles. The van der Waals surface area contributed by atoms with E-state index in [1.165, 1.54) is 38.5 Å². The number of unbranched alkanes of at least 4 members (excludes halogenated alkanes) is 1. The highest BCUT2D eigenvalue weighted by Crippen LogP contribution is 2.24. The molecule has 15 heavy (non-hydrogen) atoms. The van der Waals surface area contributed by atoms with Crippen LogP contribution in [0.2, 0.25) is 0 Å². The molecule has 2 heteroatoms. The molecule has 0 aromatic carbocycles. The Balaban J connectivity index is 2.20. The Labute approximate surface area is 94.8 Å². The highest BCUT2D eigenvalue weighted by Gasteiger charge is 2.29. The molecule has 2 unspecified atom stereocenters. The fourth-order valence-corrected chi connectivity index (χ4v) is 2.24. The maximum absolute atomic E-state index is 5.78. The van der Waals surface area contributed by atoms with E-state index >= 15 is 0 Å². The maximum atomic E-state index is 5.78. The van der Waals surface area contributed by atoms with E-state index in [4.69, 9.17) is 4.74 Å². The molecule has 1 N–H and O–H groups in total. The van der Waals surface area contributed by atoms with Gasteiger partial charge in [-0.05, 0) is 32.6 Å². The summed E-state index contributed by atoms with van der Waals surface area (Å²) < 4.78 is 5.78. The van der Waals surface area contributed by atoms with E-state index in [1.807, 2.05) is 0 Å². The third kappa shape index (κ3) is 4.52. The molecule has 2 atom stereocenters. The lowest BCUT2D eigenvalue weighted by molar-refractivity contribution is 0.0184. The van der Waals surface area contributed by atoms with Gasteiger partial charge < -0.3 is 10.1 Å². The lowest BCUT2D eigenvalue weighted by Gasteiger charge is -2.27. The largest absolute Gasteiger partial charge is 0.374 e. The van der Waals surface area contributed by atoms with Crippen LogP contribution in [0.4, 0.5) is 0 Å². The zero-order valence-corrected chi connectivity index (χ0v) is 10.6. The molecule has 2 nitrogen and oxygen atoms in total. The molecule has 0 aliphatic carbocycles. The van der Waals surface area contributed by atoms with Gasteiger partial charge in [0.25, 0.3) is 0 Å². The minimum atomic E-state index is 0.111. The second kappa shape index (κ2) is 6.49. The summed E-state index contributed by atoms with van der Waals surface area (Å²) in [4.78, 5) is 0. The Hall–Kier alpha value is -0.0800. The molecular formula is C13H27NO. The fourth-order valence-electron chi connectivity index (χ4n) is 2.24. The van der Waals surface area contributed by atoms with Crippen LogP contribution in [0.25, 0.3) is 0 Å². The molecule has 1 aliphatic rings. The summed E-state index contributed by atoms with van der Waals surface area (Å²) in [5, 5.41) is 3.66. The zero-order chi connectivity index (χ0) is 11.1. The zero-order valence-electron chi connectivity index (χ0n) is 10.6. The van der Waals surface area contributed by atoms with Crippen molar-refractivity contribution in [3.63, 3.8) is 0 Å². The lowest BCUT2D eigenvalue weighted by Crippen LogP contribution is -2.42. The predicted molar refractivity (Wildman–Crippen MR) is 65.2 cm³/mol. The van der Waals surface area contributed by atoms with Crippen molar-refractivity contribution in [2.75, 3.05) is 13.2 Å². The second-order valence-electron chi connectivity index (χ2n) is 5.03. The molecular weight excluding hydrogens is 186 g/mol. The fraction of sp³-hybridized carbons (Fsp3) is 1.00. The molecule has 1 saturated heterocycles. The average molecular weight is 213 g/mol. The van der Waals surface area contributed by atoms with Crippen molar-refractivity contribution in [2.24, 2.45) is 0 Å². The molecule has 1 rings (SSSR count). The number of rotatable bonds is 7. The molecule has 0 aromatic heterocycles. The molecule has 90 valence electrons.